The predicted molar refractivity (Wildman–Crippen MR) is 108 cm³/mol. The Hall–Kier alpha value is 0. The highest BCUT2D eigenvalue weighted by atomic mass is 14.4. The van der Waals surface area contributed by atoms with Gasteiger partial charge in [-0.15, -0.1) is 0 Å². The summed E-state index contributed by atoms with van der Waals surface area (Å²) in [7, 11) is 0. The zero-order valence-electron chi connectivity index (χ0n) is 17.7. The maximum Gasteiger partial charge on any atom is -0.0303 e. The maximum absolute atomic E-state index is 2.59. The normalized spacial score (nSPS) is 46.2. The van der Waals surface area contributed by atoms with Crippen molar-refractivity contribution >= 4 is 0 Å². The van der Waals surface area contributed by atoms with Crippen LogP contribution in [0.15, 0.2) is 0 Å². The van der Waals surface area contributed by atoms with Crippen molar-refractivity contribution in [2.24, 2.45) is 40.9 Å². The van der Waals surface area contributed by atoms with Gasteiger partial charge in [0.25, 0.3) is 0 Å². The molecular formula is C24H46. The van der Waals surface area contributed by atoms with Crippen molar-refractivity contribution in [1.82, 2.24) is 0 Å². The molecule has 2 aliphatic rings. The van der Waals surface area contributed by atoms with Crippen LogP contribution in [0.5, 0.6) is 0 Å². The summed E-state index contributed by atoms with van der Waals surface area (Å²) in [6.07, 6.45) is 16.2. The average molecular weight is 335 g/mol. The molecule has 2 rings (SSSR count). The topological polar surface area (TPSA) is 0 Å². The van der Waals surface area contributed by atoms with Crippen LogP contribution in [-0.4, -0.2) is 0 Å². The molecule has 0 aliphatic heterocycles. The van der Waals surface area contributed by atoms with Gasteiger partial charge in [-0.1, -0.05) is 86.5 Å². The summed E-state index contributed by atoms with van der Waals surface area (Å²) in [5.74, 6) is 5.73. The third-order valence-electron chi connectivity index (χ3n) is 8.36. The van der Waals surface area contributed by atoms with Crippen LogP contribution < -0.4 is 0 Å². The number of fused-ring (bicyclic) bond motifs is 1. The standard InChI is InChI=1S/C24H46/c1-7-24(6)14-13-20(4)15-22-10-8-9-18(2)11-12-19(3)16-23(22)17-21(24)5/h18-23H,7-17H2,1-6H3. The van der Waals surface area contributed by atoms with Crippen LogP contribution in [0, 0.1) is 40.9 Å². The zero-order valence-corrected chi connectivity index (χ0v) is 17.7. The Morgan fingerprint density at radius 2 is 1.33 bits per heavy atom. The Bertz CT molecular complexity index is 359. The van der Waals surface area contributed by atoms with Crippen molar-refractivity contribution in [3.8, 4) is 0 Å². The lowest BCUT2D eigenvalue weighted by Gasteiger charge is -2.38. The minimum atomic E-state index is 0.580. The quantitative estimate of drug-likeness (QED) is 0.454. The summed E-state index contributed by atoms with van der Waals surface area (Å²) in [6, 6.07) is 0. The molecule has 0 spiro atoms. The van der Waals surface area contributed by atoms with E-state index >= 15 is 0 Å². The zero-order chi connectivity index (χ0) is 17.7. The molecule has 24 heavy (non-hydrogen) atoms. The molecule has 7 atom stereocenters. The van der Waals surface area contributed by atoms with E-state index in [0.717, 1.165) is 35.5 Å². The third-order valence-corrected chi connectivity index (χ3v) is 8.36. The number of rotatable bonds is 1. The molecule has 0 heteroatoms. The van der Waals surface area contributed by atoms with Crippen LogP contribution in [0.4, 0.5) is 0 Å². The maximum atomic E-state index is 2.59. The Kier molecular flexibility index (Phi) is 7.69. The van der Waals surface area contributed by atoms with Gasteiger partial charge in [0.05, 0.1) is 0 Å². The highest BCUT2D eigenvalue weighted by molar-refractivity contribution is 4.87. The van der Waals surface area contributed by atoms with Crippen molar-refractivity contribution < 1.29 is 0 Å². The van der Waals surface area contributed by atoms with Gasteiger partial charge in [0, 0.05) is 0 Å². The van der Waals surface area contributed by atoms with Gasteiger partial charge < -0.3 is 0 Å². The lowest BCUT2D eigenvalue weighted by molar-refractivity contribution is 0.120. The highest BCUT2D eigenvalue weighted by Crippen LogP contribution is 2.47. The summed E-state index contributed by atoms with van der Waals surface area (Å²) in [5.41, 5.74) is 0.580. The lowest BCUT2D eigenvalue weighted by atomic mass is 9.67. The molecule has 0 heterocycles. The van der Waals surface area contributed by atoms with Crippen LogP contribution in [0.1, 0.15) is 112 Å². The van der Waals surface area contributed by atoms with Crippen molar-refractivity contribution in [3.05, 3.63) is 0 Å². The summed E-state index contributed by atoms with van der Waals surface area (Å²) in [5, 5.41) is 0. The molecule has 0 aromatic rings. The summed E-state index contributed by atoms with van der Waals surface area (Å²) in [6.45, 7) is 15.2. The van der Waals surface area contributed by atoms with E-state index in [0.29, 0.717) is 5.41 Å². The van der Waals surface area contributed by atoms with Gasteiger partial charge in [-0.3, -0.25) is 0 Å². The molecule has 0 saturated heterocycles. The number of hydrogen-bond acceptors (Lipinski definition) is 0. The fourth-order valence-electron chi connectivity index (χ4n) is 5.82. The molecule has 2 fully saturated rings. The van der Waals surface area contributed by atoms with Crippen molar-refractivity contribution in [3.63, 3.8) is 0 Å². The molecule has 0 aromatic carbocycles. The minimum absolute atomic E-state index is 0.580. The lowest BCUT2D eigenvalue weighted by Crippen LogP contribution is -2.28. The van der Waals surface area contributed by atoms with E-state index < -0.39 is 0 Å². The fourth-order valence-corrected chi connectivity index (χ4v) is 5.82. The first-order valence-corrected chi connectivity index (χ1v) is 11.3. The molecule has 0 amide bonds. The molecule has 2 saturated carbocycles. The van der Waals surface area contributed by atoms with Gasteiger partial charge in [0.1, 0.15) is 0 Å². The van der Waals surface area contributed by atoms with E-state index in [1.807, 2.05) is 0 Å². The van der Waals surface area contributed by atoms with E-state index in [2.05, 4.69) is 41.5 Å². The van der Waals surface area contributed by atoms with Crippen molar-refractivity contribution in [2.75, 3.05) is 0 Å². The molecule has 0 N–H and O–H groups in total. The fraction of sp³-hybridized carbons (Fsp3) is 1.00. The van der Waals surface area contributed by atoms with Crippen molar-refractivity contribution in [1.29, 1.82) is 0 Å². The molecule has 0 aromatic heterocycles. The van der Waals surface area contributed by atoms with Gasteiger partial charge >= 0.3 is 0 Å². The second-order valence-electron chi connectivity index (χ2n) is 10.5. The minimum Gasteiger partial charge on any atom is -0.0649 e. The van der Waals surface area contributed by atoms with Crippen LogP contribution in [0.25, 0.3) is 0 Å². The van der Waals surface area contributed by atoms with E-state index in [1.165, 1.54) is 70.6 Å². The first-order valence-electron chi connectivity index (χ1n) is 11.3. The van der Waals surface area contributed by atoms with E-state index in [4.69, 9.17) is 0 Å². The molecule has 142 valence electrons. The average Bonchev–Trinajstić information content (AvgIpc) is 2.58. The third kappa shape index (κ3) is 5.50. The van der Waals surface area contributed by atoms with Gasteiger partial charge in [-0.25, -0.2) is 0 Å². The SMILES string of the molecule is CCC1(C)CCC(C)CC2CCCC(C)CCC(C)CC2CC1C. The smallest absolute Gasteiger partial charge is 0.0303 e. The second kappa shape index (κ2) is 9.09. The first kappa shape index (κ1) is 20.3. The largest absolute Gasteiger partial charge is 0.0649 e. The summed E-state index contributed by atoms with van der Waals surface area (Å²) < 4.78 is 0. The van der Waals surface area contributed by atoms with Gasteiger partial charge in [0.15, 0.2) is 0 Å². The Morgan fingerprint density at radius 3 is 2.04 bits per heavy atom. The predicted octanol–water partition coefficient (Wildman–Crippen LogP) is 8.11. The van der Waals surface area contributed by atoms with E-state index in [1.54, 1.807) is 0 Å². The van der Waals surface area contributed by atoms with Crippen molar-refractivity contribution in [2.45, 2.75) is 112 Å². The van der Waals surface area contributed by atoms with E-state index in [9.17, 15) is 0 Å². The van der Waals surface area contributed by atoms with E-state index in [-0.39, 0.29) is 0 Å². The van der Waals surface area contributed by atoms with Crippen LogP contribution in [-0.2, 0) is 0 Å². The Morgan fingerprint density at radius 1 is 0.708 bits per heavy atom. The molecule has 7 unspecified atom stereocenters. The Labute approximate surface area is 153 Å². The van der Waals surface area contributed by atoms with Gasteiger partial charge in [-0.2, -0.15) is 0 Å². The van der Waals surface area contributed by atoms with Gasteiger partial charge in [-0.05, 0) is 66.6 Å². The molecule has 0 radical (unpaired) electrons. The molecule has 2 aliphatic carbocycles. The second-order valence-corrected chi connectivity index (χ2v) is 10.5. The summed E-state index contributed by atoms with van der Waals surface area (Å²) >= 11 is 0. The van der Waals surface area contributed by atoms with Crippen LogP contribution >= 0.6 is 0 Å². The number of hydrogen-bond donors (Lipinski definition) is 0. The molecule has 0 nitrogen and oxygen atoms in total. The molecular weight excluding hydrogens is 288 g/mol. The van der Waals surface area contributed by atoms with Crippen LogP contribution in [0.3, 0.4) is 0 Å². The first-order chi connectivity index (χ1) is 11.3. The highest BCUT2D eigenvalue weighted by Gasteiger charge is 2.36. The van der Waals surface area contributed by atoms with Gasteiger partial charge in [0.2, 0.25) is 0 Å². The summed E-state index contributed by atoms with van der Waals surface area (Å²) in [4.78, 5) is 0. The van der Waals surface area contributed by atoms with Crippen LogP contribution in [0.2, 0.25) is 0 Å². The Balaban J connectivity index is 2.18. The monoisotopic (exact) mass is 334 g/mol. The molecule has 0 bridgehead atoms.